The third-order valence-corrected chi connectivity index (χ3v) is 3.52. The van der Waals surface area contributed by atoms with Gasteiger partial charge in [-0.25, -0.2) is 0 Å². The van der Waals surface area contributed by atoms with Gasteiger partial charge in [-0.2, -0.15) is 0 Å². The molecule has 0 radical (unpaired) electrons. The second-order valence-electron chi connectivity index (χ2n) is 4.46. The minimum atomic E-state index is -0.639. The zero-order valence-electron chi connectivity index (χ0n) is 11.8. The molecule has 0 saturated carbocycles. The number of nitro groups is 1. The number of rotatable bonds is 6. The van der Waals surface area contributed by atoms with Crippen LogP contribution in [0.3, 0.4) is 0 Å². The standard InChI is InChI=1S/C15H12Cl2N2O4/c16-11-6-5-10(9-13(11)19(21)22)15(20)18-7-8-23-14-4-2-1-3-12(14)17/h1-6,9H,7-8H2,(H,18,20). The van der Waals surface area contributed by atoms with E-state index < -0.39 is 10.8 Å². The average molecular weight is 355 g/mol. The van der Waals surface area contributed by atoms with Crippen molar-refractivity contribution in [2.45, 2.75) is 0 Å². The number of benzene rings is 2. The molecule has 0 aliphatic rings. The van der Waals surface area contributed by atoms with Gasteiger partial charge in [0.2, 0.25) is 0 Å². The molecule has 2 aromatic carbocycles. The van der Waals surface area contributed by atoms with E-state index in [1.807, 2.05) is 0 Å². The molecule has 2 aromatic rings. The van der Waals surface area contributed by atoms with Crippen LogP contribution in [0.25, 0.3) is 0 Å². The van der Waals surface area contributed by atoms with Crippen LogP contribution < -0.4 is 10.1 Å². The number of hydrogen-bond donors (Lipinski definition) is 1. The fraction of sp³-hybridized carbons (Fsp3) is 0.133. The van der Waals surface area contributed by atoms with E-state index in [-0.39, 0.29) is 29.4 Å². The van der Waals surface area contributed by atoms with Crippen LogP contribution in [0.5, 0.6) is 5.75 Å². The van der Waals surface area contributed by atoms with Gasteiger partial charge < -0.3 is 10.1 Å². The molecule has 6 nitrogen and oxygen atoms in total. The molecule has 23 heavy (non-hydrogen) atoms. The predicted octanol–water partition coefficient (Wildman–Crippen LogP) is 3.71. The quantitative estimate of drug-likeness (QED) is 0.487. The molecule has 8 heteroatoms. The van der Waals surface area contributed by atoms with Gasteiger partial charge in [-0.15, -0.1) is 0 Å². The molecule has 0 unspecified atom stereocenters. The van der Waals surface area contributed by atoms with Crippen molar-refractivity contribution in [1.29, 1.82) is 0 Å². The first-order valence-corrected chi connectivity index (χ1v) is 7.34. The SMILES string of the molecule is O=C(NCCOc1ccccc1Cl)c1ccc(Cl)c([N+](=O)[O-])c1. The Labute approximate surface area is 142 Å². The number of carbonyl (C=O) groups is 1. The zero-order valence-corrected chi connectivity index (χ0v) is 13.3. The number of amides is 1. The molecule has 0 saturated heterocycles. The van der Waals surface area contributed by atoms with Crippen molar-refractivity contribution in [3.8, 4) is 5.75 Å². The van der Waals surface area contributed by atoms with Gasteiger partial charge in [-0.05, 0) is 24.3 Å². The van der Waals surface area contributed by atoms with Crippen LogP contribution in [0.1, 0.15) is 10.4 Å². The van der Waals surface area contributed by atoms with E-state index in [1.54, 1.807) is 24.3 Å². The Morgan fingerprint density at radius 1 is 1.17 bits per heavy atom. The molecule has 0 fully saturated rings. The van der Waals surface area contributed by atoms with E-state index in [4.69, 9.17) is 27.9 Å². The lowest BCUT2D eigenvalue weighted by atomic mass is 10.2. The maximum absolute atomic E-state index is 12.0. The Kier molecular flexibility index (Phi) is 5.78. The third kappa shape index (κ3) is 4.58. The lowest BCUT2D eigenvalue weighted by Crippen LogP contribution is -2.28. The van der Waals surface area contributed by atoms with Crippen molar-refractivity contribution in [3.05, 3.63) is 68.2 Å². The van der Waals surface area contributed by atoms with Crippen LogP contribution in [0, 0.1) is 10.1 Å². The van der Waals surface area contributed by atoms with E-state index in [1.165, 1.54) is 12.1 Å². The highest BCUT2D eigenvalue weighted by Crippen LogP contribution is 2.25. The van der Waals surface area contributed by atoms with Gasteiger partial charge in [0.25, 0.3) is 11.6 Å². The van der Waals surface area contributed by atoms with Crippen LogP contribution in [-0.4, -0.2) is 24.0 Å². The van der Waals surface area contributed by atoms with Crippen LogP contribution in [0.2, 0.25) is 10.0 Å². The van der Waals surface area contributed by atoms with Crippen LogP contribution >= 0.6 is 23.2 Å². The second-order valence-corrected chi connectivity index (χ2v) is 5.27. The van der Waals surface area contributed by atoms with Gasteiger partial charge in [0.15, 0.2) is 0 Å². The maximum atomic E-state index is 12.0. The number of carbonyl (C=O) groups excluding carboxylic acids is 1. The van der Waals surface area contributed by atoms with E-state index in [9.17, 15) is 14.9 Å². The zero-order chi connectivity index (χ0) is 16.8. The highest BCUT2D eigenvalue weighted by molar-refractivity contribution is 6.32. The summed E-state index contributed by atoms with van der Waals surface area (Å²) in [6, 6.07) is 10.8. The Hall–Kier alpha value is -2.31. The summed E-state index contributed by atoms with van der Waals surface area (Å²) in [6.45, 7) is 0.436. The molecule has 0 atom stereocenters. The topological polar surface area (TPSA) is 81.5 Å². The lowest BCUT2D eigenvalue weighted by Gasteiger charge is -2.09. The van der Waals surface area contributed by atoms with Crippen molar-refractivity contribution >= 4 is 34.8 Å². The van der Waals surface area contributed by atoms with Crippen molar-refractivity contribution < 1.29 is 14.5 Å². The molecule has 0 aliphatic heterocycles. The summed E-state index contributed by atoms with van der Waals surface area (Å²) in [4.78, 5) is 22.1. The van der Waals surface area contributed by atoms with Gasteiger partial charge in [-0.3, -0.25) is 14.9 Å². The Bertz CT molecular complexity index is 737. The van der Waals surface area contributed by atoms with Crippen molar-refractivity contribution in [1.82, 2.24) is 5.32 Å². The smallest absolute Gasteiger partial charge is 0.288 e. The lowest BCUT2D eigenvalue weighted by molar-refractivity contribution is -0.384. The normalized spacial score (nSPS) is 10.2. The molecule has 1 N–H and O–H groups in total. The summed E-state index contributed by atoms with van der Waals surface area (Å²) in [5, 5.41) is 13.9. The summed E-state index contributed by atoms with van der Waals surface area (Å²) in [6.07, 6.45) is 0. The summed E-state index contributed by atoms with van der Waals surface area (Å²) < 4.78 is 5.43. The Morgan fingerprint density at radius 3 is 2.61 bits per heavy atom. The van der Waals surface area contributed by atoms with Crippen LogP contribution in [0.15, 0.2) is 42.5 Å². The largest absolute Gasteiger partial charge is 0.490 e. The van der Waals surface area contributed by atoms with E-state index in [2.05, 4.69) is 5.32 Å². The highest BCUT2D eigenvalue weighted by atomic mass is 35.5. The summed E-state index contributed by atoms with van der Waals surface area (Å²) in [5.74, 6) is 0.0677. The van der Waals surface area contributed by atoms with E-state index in [0.717, 1.165) is 6.07 Å². The van der Waals surface area contributed by atoms with Gasteiger partial charge in [0.05, 0.1) is 16.5 Å². The molecule has 0 spiro atoms. The first kappa shape index (κ1) is 17.1. The predicted molar refractivity (Wildman–Crippen MR) is 87.4 cm³/mol. The van der Waals surface area contributed by atoms with E-state index >= 15 is 0 Å². The Balaban J connectivity index is 1.89. The highest BCUT2D eigenvalue weighted by Gasteiger charge is 2.16. The minimum Gasteiger partial charge on any atom is -0.490 e. The van der Waals surface area contributed by atoms with Crippen LogP contribution in [-0.2, 0) is 0 Å². The fourth-order valence-electron chi connectivity index (χ4n) is 1.78. The molecule has 2 rings (SSSR count). The van der Waals surface area contributed by atoms with E-state index in [0.29, 0.717) is 10.8 Å². The number of nitro benzene ring substituents is 1. The number of nitrogens with zero attached hydrogens (tertiary/aromatic N) is 1. The third-order valence-electron chi connectivity index (χ3n) is 2.89. The monoisotopic (exact) mass is 354 g/mol. The molecular formula is C15H12Cl2N2O4. The number of para-hydroxylation sites is 1. The van der Waals surface area contributed by atoms with Gasteiger partial charge in [0.1, 0.15) is 17.4 Å². The van der Waals surface area contributed by atoms with Crippen molar-refractivity contribution in [3.63, 3.8) is 0 Å². The number of ether oxygens (including phenoxy) is 1. The minimum absolute atomic E-state index is 0.0198. The summed E-state index contributed by atoms with van der Waals surface area (Å²) in [5.41, 5.74) is -0.162. The Morgan fingerprint density at radius 2 is 1.91 bits per heavy atom. The molecule has 120 valence electrons. The molecule has 0 heterocycles. The number of halogens is 2. The first-order valence-electron chi connectivity index (χ1n) is 6.58. The second kappa shape index (κ2) is 7.80. The van der Waals surface area contributed by atoms with Crippen molar-refractivity contribution in [2.24, 2.45) is 0 Å². The van der Waals surface area contributed by atoms with Gasteiger partial charge in [0, 0.05) is 11.6 Å². The number of hydrogen-bond acceptors (Lipinski definition) is 4. The molecule has 1 amide bonds. The van der Waals surface area contributed by atoms with Crippen LogP contribution in [0.4, 0.5) is 5.69 Å². The molecule has 0 bridgehead atoms. The fourth-order valence-corrected chi connectivity index (χ4v) is 2.16. The first-order chi connectivity index (χ1) is 11.0. The summed E-state index contributed by atoms with van der Waals surface area (Å²) >= 11 is 11.6. The molecule has 0 aliphatic carbocycles. The molecular weight excluding hydrogens is 343 g/mol. The molecule has 0 aromatic heterocycles. The maximum Gasteiger partial charge on any atom is 0.288 e. The average Bonchev–Trinajstić information content (AvgIpc) is 2.53. The van der Waals surface area contributed by atoms with Gasteiger partial charge in [-0.1, -0.05) is 35.3 Å². The van der Waals surface area contributed by atoms with Gasteiger partial charge >= 0.3 is 0 Å². The number of nitrogens with one attached hydrogen (secondary N) is 1. The van der Waals surface area contributed by atoms with Crippen molar-refractivity contribution in [2.75, 3.05) is 13.2 Å². The summed E-state index contributed by atoms with van der Waals surface area (Å²) in [7, 11) is 0.